The quantitative estimate of drug-likeness (QED) is 0.852. The van der Waals surface area contributed by atoms with Gasteiger partial charge in [-0.15, -0.1) is 22.7 Å². The Morgan fingerprint density at radius 2 is 2.12 bits per heavy atom. The molecule has 86 valence electrons. The van der Waals surface area contributed by atoms with E-state index in [-0.39, 0.29) is 0 Å². The topological polar surface area (TPSA) is 24.9 Å². The normalized spacial score (nSPS) is 10.9. The molecule has 0 saturated heterocycles. The average molecular weight is 382 g/mol. The molecule has 0 unspecified atom stereocenters. The van der Waals surface area contributed by atoms with Gasteiger partial charge in [0.15, 0.2) is 0 Å². The summed E-state index contributed by atoms with van der Waals surface area (Å²) in [4.78, 5) is 6.89. The molecule has 0 aromatic carbocycles. The predicted octanol–water partition coefficient (Wildman–Crippen LogP) is 4.33. The maximum absolute atomic E-state index is 4.31. The number of aromatic nitrogens is 1. The number of thiazole rings is 1. The van der Waals surface area contributed by atoms with Crippen LogP contribution in [0.3, 0.4) is 0 Å². The van der Waals surface area contributed by atoms with Gasteiger partial charge in [-0.05, 0) is 44.8 Å². The number of hydrogen-bond acceptors (Lipinski definition) is 4. The molecule has 0 bridgehead atoms. The number of nitrogens with zero attached hydrogens (tertiary/aromatic N) is 1. The molecule has 0 saturated carbocycles. The summed E-state index contributed by atoms with van der Waals surface area (Å²) < 4.78 is 2.27. The van der Waals surface area contributed by atoms with Crippen LogP contribution in [0.1, 0.15) is 14.8 Å². The van der Waals surface area contributed by atoms with Gasteiger partial charge in [-0.25, -0.2) is 4.98 Å². The first-order chi connectivity index (χ1) is 7.65. The molecule has 0 radical (unpaired) electrons. The minimum absolute atomic E-state index is 0.839. The van der Waals surface area contributed by atoms with Crippen LogP contribution in [0.25, 0.3) is 0 Å². The summed E-state index contributed by atoms with van der Waals surface area (Å²) in [7, 11) is 0. The van der Waals surface area contributed by atoms with Gasteiger partial charge in [0.1, 0.15) is 5.01 Å². The van der Waals surface area contributed by atoms with Crippen LogP contribution in [0.2, 0.25) is 0 Å². The molecule has 0 aliphatic rings. The van der Waals surface area contributed by atoms with Crippen LogP contribution in [0.5, 0.6) is 0 Å². The minimum Gasteiger partial charge on any atom is -0.306 e. The van der Waals surface area contributed by atoms with Gasteiger partial charge in [0.05, 0.1) is 3.79 Å². The Hall–Kier alpha value is 0.250. The zero-order valence-electron chi connectivity index (χ0n) is 8.59. The second kappa shape index (κ2) is 5.73. The van der Waals surface area contributed by atoms with Gasteiger partial charge in [0, 0.05) is 33.5 Å². The van der Waals surface area contributed by atoms with E-state index in [1.54, 1.807) is 22.7 Å². The molecule has 0 fully saturated rings. The highest BCUT2D eigenvalue weighted by atomic mass is 79.9. The summed E-state index contributed by atoms with van der Waals surface area (Å²) in [6.45, 7) is 3.80. The molecule has 0 aliphatic heterocycles. The van der Waals surface area contributed by atoms with E-state index >= 15 is 0 Å². The summed E-state index contributed by atoms with van der Waals surface area (Å²) in [5, 5.41) is 4.53. The Kier molecular flexibility index (Phi) is 4.55. The number of nitrogens with one attached hydrogen (secondary N) is 1. The highest BCUT2D eigenvalue weighted by molar-refractivity contribution is 9.13. The van der Waals surface area contributed by atoms with E-state index in [2.05, 4.69) is 55.2 Å². The molecular weight excluding hydrogens is 372 g/mol. The van der Waals surface area contributed by atoms with Crippen LogP contribution in [-0.2, 0) is 13.1 Å². The summed E-state index contributed by atoms with van der Waals surface area (Å²) in [6, 6.07) is 2.13. The summed E-state index contributed by atoms with van der Waals surface area (Å²) >= 11 is 10.5. The third-order valence-corrected chi connectivity index (χ3v) is 6.11. The van der Waals surface area contributed by atoms with Gasteiger partial charge >= 0.3 is 0 Å². The van der Waals surface area contributed by atoms with Crippen molar-refractivity contribution >= 4 is 54.5 Å². The van der Waals surface area contributed by atoms with E-state index in [0.717, 1.165) is 26.4 Å². The lowest BCUT2D eigenvalue weighted by Gasteiger charge is -1.98. The molecule has 0 aliphatic carbocycles. The fourth-order valence-corrected chi connectivity index (χ4v) is 4.16. The van der Waals surface area contributed by atoms with Crippen LogP contribution in [0.15, 0.2) is 20.5 Å². The van der Waals surface area contributed by atoms with Crippen molar-refractivity contribution in [1.29, 1.82) is 0 Å². The van der Waals surface area contributed by atoms with Crippen LogP contribution in [0.4, 0.5) is 0 Å². The maximum Gasteiger partial charge on any atom is 0.107 e. The van der Waals surface area contributed by atoms with Gasteiger partial charge in [-0.1, -0.05) is 0 Å². The number of hydrogen-bond donors (Lipinski definition) is 1. The second-order valence-corrected chi connectivity index (χ2v) is 7.93. The Labute approximate surface area is 119 Å². The van der Waals surface area contributed by atoms with Crippen LogP contribution < -0.4 is 5.32 Å². The van der Waals surface area contributed by atoms with E-state index in [0.29, 0.717) is 0 Å². The van der Waals surface area contributed by atoms with Crippen molar-refractivity contribution in [1.82, 2.24) is 10.3 Å². The van der Waals surface area contributed by atoms with E-state index in [1.807, 2.05) is 6.20 Å². The third kappa shape index (κ3) is 3.37. The molecule has 2 heterocycles. The number of rotatable bonds is 4. The molecule has 2 aromatic heterocycles. The molecule has 2 rings (SSSR count). The van der Waals surface area contributed by atoms with Crippen molar-refractivity contribution in [3.05, 3.63) is 35.3 Å². The van der Waals surface area contributed by atoms with Crippen molar-refractivity contribution < 1.29 is 0 Å². The summed E-state index contributed by atoms with van der Waals surface area (Å²) in [6.07, 6.45) is 1.92. The highest BCUT2D eigenvalue weighted by Crippen LogP contribution is 2.32. The maximum atomic E-state index is 4.31. The SMILES string of the molecule is Cc1cnc(CNCc2cc(Br)c(Br)s2)s1. The lowest BCUT2D eigenvalue weighted by atomic mass is 10.4. The van der Waals surface area contributed by atoms with Gasteiger partial charge in [-0.2, -0.15) is 0 Å². The van der Waals surface area contributed by atoms with Crippen molar-refractivity contribution in [2.75, 3.05) is 0 Å². The zero-order valence-corrected chi connectivity index (χ0v) is 13.4. The van der Waals surface area contributed by atoms with Crippen molar-refractivity contribution in [3.8, 4) is 0 Å². The first kappa shape index (κ1) is 12.7. The number of halogens is 2. The van der Waals surface area contributed by atoms with Gasteiger partial charge in [0.25, 0.3) is 0 Å². The molecule has 16 heavy (non-hydrogen) atoms. The Bertz CT molecular complexity index is 459. The first-order valence-corrected chi connectivity index (χ1v) is 7.93. The Morgan fingerprint density at radius 1 is 1.31 bits per heavy atom. The molecule has 2 nitrogen and oxygen atoms in total. The van der Waals surface area contributed by atoms with Crippen LogP contribution >= 0.6 is 54.5 Å². The van der Waals surface area contributed by atoms with E-state index < -0.39 is 0 Å². The van der Waals surface area contributed by atoms with Gasteiger partial charge < -0.3 is 5.32 Å². The molecule has 2 aromatic rings. The van der Waals surface area contributed by atoms with E-state index in [9.17, 15) is 0 Å². The van der Waals surface area contributed by atoms with E-state index in [4.69, 9.17) is 0 Å². The fraction of sp³-hybridized carbons (Fsp3) is 0.300. The fourth-order valence-electron chi connectivity index (χ4n) is 1.25. The minimum atomic E-state index is 0.839. The first-order valence-electron chi connectivity index (χ1n) is 4.71. The highest BCUT2D eigenvalue weighted by Gasteiger charge is 2.04. The van der Waals surface area contributed by atoms with Crippen LogP contribution in [-0.4, -0.2) is 4.98 Å². The molecule has 1 N–H and O–H groups in total. The lowest BCUT2D eigenvalue weighted by Crippen LogP contribution is -2.11. The van der Waals surface area contributed by atoms with Gasteiger partial charge in [0.2, 0.25) is 0 Å². The standard InChI is InChI=1S/C10H10Br2N2S2/c1-6-3-14-9(15-6)5-13-4-7-2-8(11)10(12)16-7/h2-3,13H,4-5H2,1H3. The zero-order chi connectivity index (χ0) is 11.5. The molecule has 0 amide bonds. The van der Waals surface area contributed by atoms with Gasteiger partial charge in [-0.3, -0.25) is 0 Å². The molecular formula is C10H10Br2N2S2. The smallest absolute Gasteiger partial charge is 0.107 e. The van der Waals surface area contributed by atoms with Crippen molar-refractivity contribution in [2.24, 2.45) is 0 Å². The monoisotopic (exact) mass is 380 g/mol. The average Bonchev–Trinajstić information content (AvgIpc) is 2.75. The second-order valence-electron chi connectivity index (χ2n) is 3.30. The Morgan fingerprint density at radius 3 is 2.69 bits per heavy atom. The Balaban J connectivity index is 1.84. The lowest BCUT2D eigenvalue weighted by molar-refractivity contribution is 0.697. The van der Waals surface area contributed by atoms with Crippen molar-refractivity contribution in [3.63, 3.8) is 0 Å². The number of thiophene rings is 1. The predicted molar refractivity (Wildman–Crippen MR) is 77.1 cm³/mol. The number of aryl methyl sites for hydroxylation is 1. The molecule has 0 atom stereocenters. The van der Waals surface area contributed by atoms with Crippen molar-refractivity contribution in [2.45, 2.75) is 20.0 Å². The summed E-state index contributed by atoms with van der Waals surface area (Å²) in [5.41, 5.74) is 0. The largest absolute Gasteiger partial charge is 0.306 e. The summed E-state index contributed by atoms with van der Waals surface area (Å²) in [5.74, 6) is 0. The molecule has 0 spiro atoms. The van der Waals surface area contributed by atoms with E-state index in [1.165, 1.54) is 9.75 Å². The van der Waals surface area contributed by atoms with Crippen LogP contribution in [0, 0.1) is 6.92 Å². The third-order valence-electron chi connectivity index (χ3n) is 1.94. The molecule has 6 heteroatoms.